The van der Waals surface area contributed by atoms with Crippen molar-refractivity contribution in [2.75, 3.05) is 11.9 Å². The van der Waals surface area contributed by atoms with E-state index in [0.29, 0.717) is 17.3 Å². The van der Waals surface area contributed by atoms with E-state index >= 15 is 0 Å². The lowest BCUT2D eigenvalue weighted by Crippen LogP contribution is -2.05. The highest BCUT2D eigenvalue weighted by atomic mass is 35.5. The lowest BCUT2D eigenvalue weighted by atomic mass is 10.2. The van der Waals surface area contributed by atoms with Crippen LogP contribution in [0.1, 0.15) is 5.56 Å². The number of pyridine rings is 1. The number of halogens is 2. The highest BCUT2D eigenvalue weighted by Crippen LogP contribution is 2.17. The molecular formula is C13H12ClFN2. The molecule has 1 N–H and O–H groups in total. The van der Waals surface area contributed by atoms with E-state index in [9.17, 15) is 4.39 Å². The van der Waals surface area contributed by atoms with E-state index in [-0.39, 0.29) is 5.82 Å². The first-order chi connectivity index (χ1) is 8.24. The minimum absolute atomic E-state index is 0.332. The molecule has 88 valence electrons. The summed E-state index contributed by atoms with van der Waals surface area (Å²) in [6.07, 6.45) is 4.39. The molecule has 17 heavy (non-hydrogen) atoms. The Bertz CT molecular complexity index is 468. The number of hydrogen-bond donors (Lipinski definition) is 1. The van der Waals surface area contributed by atoms with Gasteiger partial charge in [-0.3, -0.25) is 4.98 Å². The zero-order valence-electron chi connectivity index (χ0n) is 9.16. The van der Waals surface area contributed by atoms with Crippen molar-refractivity contribution in [2.45, 2.75) is 6.42 Å². The summed E-state index contributed by atoms with van der Waals surface area (Å²) in [7, 11) is 0. The molecule has 1 aromatic heterocycles. The van der Waals surface area contributed by atoms with Gasteiger partial charge in [0, 0.05) is 29.6 Å². The van der Waals surface area contributed by atoms with Gasteiger partial charge in [-0.2, -0.15) is 0 Å². The first-order valence-corrected chi connectivity index (χ1v) is 5.71. The highest BCUT2D eigenvalue weighted by molar-refractivity contribution is 6.30. The van der Waals surface area contributed by atoms with Gasteiger partial charge in [-0.1, -0.05) is 17.7 Å². The summed E-state index contributed by atoms with van der Waals surface area (Å²) >= 11 is 5.76. The highest BCUT2D eigenvalue weighted by Gasteiger charge is 1.99. The van der Waals surface area contributed by atoms with Crippen LogP contribution in [-0.2, 0) is 6.42 Å². The molecule has 0 saturated heterocycles. The first-order valence-electron chi connectivity index (χ1n) is 5.33. The smallest absolute Gasteiger partial charge is 0.126 e. The predicted octanol–water partition coefficient (Wildman–Crippen LogP) is 3.53. The first kappa shape index (κ1) is 11.9. The Balaban J connectivity index is 1.90. The lowest BCUT2D eigenvalue weighted by Gasteiger charge is -2.06. The molecule has 4 heteroatoms. The quantitative estimate of drug-likeness (QED) is 0.898. The number of benzene rings is 1. The molecule has 0 saturated carbocycles. The fraction of sp³-hybridized carbons (Fsp3) is 0.154. The molecule has 2 nitrogen and oxygen atoms in total. The Labute approximate surface area is 104 Å². The third-order valence-corrected chi connectivity index (χ3v) is 2.55. The van der Waals surface area contributed by atoms with Gasteiger partial charge in [0.1, 0.15) is 5.82 Å². The molecule has 0 aliphatic rings. The van der Waals surface area contributed by atoms with Crippen LogP contribution in [-0.4, -0.2) is 11.5 Å². The van der Waals surface area contributed by atoms with Crippen LogP contribution < -0.4 is 5.32 Å². The second-order valence-corrected chi connectivity index (χ2v) is 4.13. The van der Waals surface area contributed by atoms with Crippen LogP contribution >= 0.6 is 11.6 Å². The number of hydrogen-bond acceptors (Lipinski definition) is 2. The van der Waals surface area contributed by atoms with Gasteiger partial charge < -0.3 is 5.32 Å². The van der Waals surface area contributed by atoms with Gasteiger partial charge in [-0.15, -0.1) is 0 Å². The normalized spacial score (nSPS) is 10.2. The zero-order valence-corrected chi connectivity index (χ0v) is 9.91. The van der Waals surface area contributed by atoms with Crippen molar-refractivity contribution in [1.29, 1.82) is 0 Å². The van der Waals surface area contributed by atoms with Crippen molar-refractivity contribution in [3.05, 3.63) is 59.1 Å². The van der Waals surface area contributed by atoms with E-state index in [1.54, 1.807) is 12.3 Å². The minimum Gasteiger partial charge on any atom is -0.385 e. The van der Waals surface area contributed by atoms with Gasteiger partial charge in [0.25, 0.3) is 0 Å². The Morgan fingerprint density at radius 2 is 2.18 bits per heavy atom. The van der Waals surface area contributed by atoms with Gasteiger partial charge in [0.2, 0.25) is 0 Å². The Morgan fingerprint density at radius 3 is 2.88 bits per heavy atom. The summed E-state index contributed by atoms with van der Waals surface area (Å²) in [5, 5.41) is 3.52. The molecule has 0 bridgehead atoms. The predicted molar refractivity (Wildman–Crippen MR) is 67.8 cm³/mol. The molecule has 1 heterocycles. The lowest BCUT2D eigenvalue weighted by molar-refractivity contribution is 0.628. The molecule has 0 aliphatic heterocycles. The second-order valence-electron chi connectivity index (χ2n) is 3.70. The van der Waals surface area contributed by atoms with E-state index < -0.39 is 0 Å². The second kappa shape index (κ2) is 5.64. The van der Waals surface area contributed by atoms with Gasteiger partial charge in [0.15, 0.2) is 0 Å². The van der Waals surface area contributed by atoms with Crippen LogP contribution in [0.3, 0.4) is 0 Å². The molecule has 2 aromatic rings. The maximum atomic E-state index is 13.0. The van der Waals surface area contributed by atoms with Crippen molar-refractivity contribution in [3.63, 3.8) is 0 Å². The minimum atomic E-state index is -0.332. The van der Waals surface area contributed by atoms with E-state index in [0.717, 1.165) is 12.0 Å². The molecule has 0 amide bonds. The molecule has 0 atom stereocenters. The largest absolute Gasteiger partial charge is 0.385 e. The Hall–Kier alpha value is -1.61. The summed E-state index contributed by atoms with van der Waals surface area (Å²) in [4.78, 5) is 4.03. The molecule has 0 fully saturated rings. The monoisotopic (exact) mass is 250 g/mol. The van der Waals surface area contributed by atoms with Crippen LogP contribution in [0.5, 0.6) is 0 Å². The Kier molecular flexibility index (Phi) is 3.94. The van der Waals surface area contributed by atoms with Crippen LogP contribution in [0.25, 0.3) is 0 Å². The third-order valence-electron chi connectivity index (χ3n) is 2.33. The van der Waals surface area contributed by atoms with Crippen LogP contribution in [0.15, 0.2) is 42.7 Å². The maximum absolute atomic E-state index is 13.0. The number of nitrogens with zero attached hydrogens (tertiary/aromatic N) is 1. The SMILES string of the molecule is Fc1cc(Cl)cc(NCCc2cccnc2)c1. The third kappa shape index (κ3) is 3.71. The average Bonchev–Trinajstić information content (AvgIpc) is 2.29. The van der Waals surface area contributed by atoms with Gasteiger partial charge in [0.05, 0.1) is 0 Å². The fourth-order valence-corrected chi connectivity index (χ4v) is 1.77. The summed E-state index contributed by atoms with van der Waals surface area (Å²) in [6, 6.07) is 8.32. The molecule has 0 radical (unpaired) electrons. The van der Waals surface area contributed by atoms with E-state index in [1.807, 2.05) is 18.3 Å². The molecule has 0 aliphatic carbocycles. The van der Waals surface area contributed by atoms with Crippen molar-refractivity contribution in [1.82, 2.24) is 4.98 Å². The van der Waals surface area contributed by atoms with Crippen molar-refractivity contribution >= 4 is 17.3 Å². The topological polar surface area (TPSA) is 24.9 Å². The van der Waals surface area contributed by atoms with Crippen LogP contribution in [0.2, 0.25) is 5.02 Å². The van der Waals surface area contributed by atoms with Crippen molar-refractivity contribution < 1.29 is 4.39 Å². The van der Waals surface area contributed by atoms with E-state index in [2.05, 4.69) is 10.3 Å². The maximum Gasteiger partial charge on any atom is 0.126 e. The molecule has 0 unspecified atom stereocenters. The van der Waals surface area contributed by atoms with Gasteiger partial charge >= 0.3 is 0 Å². The standard InChI is InChI=1S/C13H12ClFN2/c14-11-6-12(15)8-13(7-11)17-5-3-10-2-1-4-16-9-10/h1-2,4,6-9,17H,3,5H2. The molecular weight excluding hydrogens is 239 g/mol. The fourth-order valence-electron chi connectivity index (χ4n) is 1.55. The molecule has 0 spiro atoms. The number of anilines is 1. The summed E-state index contributed by atoms with van der Waals surface area (Å²) in [5.41, 5.74) is 1.83. The van der Waals surface area contributed by atoms with Crippen LogP contribution in [0, 0.1) is 5.82 Å². The average molecular weight is 251 g/mol. The summed E-state index contributed by atoms with van der Waals surface area (Å²) in [6.45, 7) is 0.714. The van der Waals surface area contributed by atoms with Crippen molar-refractivity contribution in [3.8, 4) is 0 Å². The van der Waals surface area contributed by atoms with E-state index in [4.69, 9.17) is 11.6 Å². The summed E-state index contributed by atoms with van der Waals surface area (Å²) in [5.74, 6) is -0.332. The number of rotatable bonds is 4. The van der Waals surface area contributed by atoms with Gasteiger partial charge in [-0.25, -0.2) is 4.39 Å². The number of nitrogens with one attached hydrogen (secondary N) is 1. The van der Waals surface area contributed by atoms with Gasteiger partial charge in [-0.05, 0) is 36.2 Å². The summed E-state index contributed by atoms with van der Waals surface area (Å²) < 4.78 is 13.0. The zero-order chi connectivity index (χ0) is 12.1. The Morgan fingerprint density at radius 1 is 1.29 bits per heavy atom. The van der Waals surface area contributed by atoms with Crippen molar-refractivity contribution in [2.24, 2.45) is 0 Å². The van der Waals surface area contributed by atoms with E-state index in [1.165, 1.54) is 12.1 Å². The van der Waals surface area contributed by atoms with Crippen LogP contribution in [0.4, 0.5) is 10.1 Å². The molecule has 1 aromatic carbocycles. The number of aromatic nitrogens is 1. The molecule has 2 rings (SSSR count).